The van der Waals surface area contributed by atoms with Crippen molar-refractivity contribution >= 4 is 27.5 Å². The Kier molecular flexibility index (Phi) is 7.96. The van der Waals surface area contributed by atoms with Crippen LogP contribution in [0, 0.1) is 5.92 Å². The summed E-state index contributed by atoms with van der Waals surface area (Å²) < 4.78 is 29.6. The van der Waals surface area contributed by atoms with Crippen LogP contribution in [0.2, 0.25) is 0 Å². The number of hydrogen-bond acceptors (Lipinski definition) is 6. The molecule has 3 rings (SSSR count). The van der Waals surface area contributed by atoms with Gasteiger partial charge in [0.1, 0.15) is 17.3 Å². The molecule has 2 aromatic carbocycles. The van der Waals surface area contributed by atoms with Gasteiger partial charge in [-0.25, -0.2) is 8.42 Å². The minimum atomic E-state index is -3.35. The van der Waals surface area contributed by atoms with Crippen molar-refractivity contribution in [2.75, 3.05) is 26.4 Å². The molecule has 188 valence electrons. The fraction of sp³-hybridized carbons (Fsp3) is 0.320. The number of nitrogens with one attached hydrogen (secondary N) is 1. The number of rotatable bonds is 8. The quantitative estimate of drug-likeness (QED) is 0.421. The number of sulfone groups is 1. The van der Waals surface area contributed by atoms with Gasteiger partial charge in [0.15, 0.2) is 9.84 Å². The molecule has 2 amide bonds. The van der Waals surface area contributed by atoms with E-state index < -0.39 is 15.7 Å². The summed E-state index contributed by atoms with van der Waals surface area (Å²) in [5, 5.41) is 2.77. The van der Waals surface area contributed by atoms with Gasteiger partial charge in [-0.1, -0.05) is 13.8 Å². The topological polar surface area (TPSA) is 131 Å². The summed E-state index contributed by atoms with van der Waals surface area (Å²) in [7, 11) is -1.66. The van der Waals surface area contributed by atoms with Crippen molar-refractivity contribution in [2.24, 2.45) is 16.6 Å². The Labute approximate surface area is 207 Å². The molecular formula is C25H32N4O5S. The van der Waals surface area contributed by atoms with Gasteiger partial charge in [0.25, 0.3) is 11.8 Å². The zero-order valence-corrected chi connectivity index (χ0v) is 21.1. The molecular weight excluding hydrogens is 468 g/mol. The maximum absolute atomic E-state index is 13.3. The zero-order chi connectivity index (χ0) is 25.8. The zero-order valence-electron chi connectivity index (χ0n) is 20.2. The molecule has 0 spiro atoms. The Bertz CT molecular complexity index is 1290. The number of amidine groups is 1. The molecule has 2 aromatic rings. The maximum Gasteiger partial charge on any atom is 0.279 e. The van der Waals surface area contributed by atoms with Crippen molar-refractivity contribution in [3.05, 3.63) is 65.4 Å². The highest BCUT2D eigenvalue weighted by Gasteiger charge is 2.29. The minimum absolute atomic E-state index is 0. The van der Waals surface area contributed by atoms with E-state index in [2.05, 4.69) is 10.3 Å². The summed E-state index contributed by atoms with van der Waals surface area (Å²) in [4.78, 5) is 31.9. The summed E-state index contributed by atoms with van der Waals surface area (Å²) in [6.45, 7) is 5.20. The Morgan fingerprint density at radius 2 is 1.97 bits per heavy atom. The molecule has 10 heteroatoms. The van der Waals surface area contributed by atoms with Crippen molar-refractivity contribution in [3.63, 3.8) is 0 Å². The number of aliphatic imine (C=N–C) groups is 1. The number of nitrogens with zero attached hydrogens (tertiary/aromatic N) is 2. The van der Waals surface area contributed by atoms with Crippen LogP contribution in [0.1, 0.15) is 41.6 Å². The van der Waals surface area contributed by atoms with Crippen LogP contribution < -0.4 is 15.8 Å². The number of nitrogens with two attached hydrogens (primary N) is 1. The summed E-state index contributed by atoms with van der Waals surface area (Å²) in [6, 6.07) is 9.03. The number of carbonyl (C=O) groups is 2. The molecule has 1 heterocycles. The minimum Gasteiger partial charge on any atom is -0.457 e. The van der Waals surface area contributed by atoms with E-state index in [1.807, 2.05) is 13.8 Å². The summed E-state index contributed by atoms with van der Waals surface area (Å²) in [5.41, 5.74) is 7.02. The van der Waals surface area contributed by atoms with Gasteiger partial charge in [0.05, 0.1) is 4.90 Å². The summed E-state index contributed by atoms with van der Waals surface area (Å²) in [6.07, 6.45) is 4.67. The van der Waals surface area contributed by atoms with Crippen molar-refractivity contribution in [2.45, 2.75) is 25.2 Å². The van der Waals surface area contributed by atoms with Crippen LogP contribution in [-0.4, -0.2) is 57.4 Å². The second-order valence-electron chi connectivity index (χ2n) is 8.70. The molecule has 0 aliphatic carbocycles. The molecule has 3 N–H and O–H groups in total. The Morgan fingerprint density at radius 3 is 2.57 bits per heavy atom. The van der Waals surface area contributed by atoms with Crippen LogP contribution in [0.5, 0.6) is 11.5 Å². The Hall–Kier alpha value is -3.66. The molecule has 0 saturated carbocycles. The number of amides is 2. The molecule has 9 nitrogen and oxygen atoms in total. The molecule has 0 fully saturated rings. The first-order valence-corrected chi connectivity index (χ1v) is 13.0. The average molecular weight is 501 g/mol. The maximum atomic E-state index is 13.3. The van der Waals surface area contributed by atoms with Crippen LogP contribution in [-0.2, 0) is 16.3 Å². The van der Waals surface area contributed by atoms with Gasteiger partial charge in [-0.3, -0.25) is 9.59 Å². The Morgan fingerprint density at radius 1 is 1.29 bits per heavy atom. The summed E-state index contributed by atoms with van der Waals surface area (Å²) in [5.74, 6) is 0.221. The highest BCUT2D eigenvalue weighted by atomic mass is 32.2. The fourth-order valence-electron chi connectivity index (χ4n) is 3.71. The van der Waals surface area contributed by atoms with Crippen molar-refractivity contribution in [1.29, 1.82) is 0 Å². The van der Waals surface area contributed by atoms with Crippen LogP contribution in [0.4, 0.5) is 0 Å². The van der Waals surface area contributed by atoms with Gasteiger partial charge in [0.2, 0.25) is 0 Å². The standard InChI is InChI=1S/C25H30N4O5S.H2/c1-16(2)15-29-12-10-20-21(25(29)31)13-17(24(30)28-23(26)9-11-27-3)14-22(20)34-18-5-7-19(8-6-18)35(4,32)33;/h5-9,11,13-14,16,27H,10,12,15H2,1-4H3,(H2,26,28,30);1H/b11-9-;. The lowest BCUT2D eigenvalue weighted by Crippen LogP contribution is -2.40. The van der Waals surface area contributed by atoms with E-state index in [9.17, 15) is 18.0 Å². The summed E-state index contributed by atoms with van der Waals surface area (Å²) >= 11 is 0. The monoisotopic (exact) mass is 500 g/mol. The third-order valence-electron chi connectivity index (χ3n) is 5.32. The van der Waals surface area contributed by atoms with E-state index >= 15 is 0 Å². The van der Waals surface area contributed by atoms with Gasteiger partial charge in [0, 0.05) is 44.5 Å². The first kappa shape index (κ1) is 26.0. The van der Waals surface area contributed by atoms with Gasteiger partial charge in [-0.2, -0.15) is 4.99 Å². The first-order valence-electron chi connectivity index (χ1n) is 11.2. The SMILES string of the molecule is CN/C=C\C(N)=NC(=O)c1cc(Oc2ccc(S(C)(=O)=O)cc2)c2c(c1)C(=O)N(CC(C)C)CC2.[HH]. The highest BCUT2D eigenvalue weighted by Crippen LogP contribution is 2.34. The smallest absolute Gasteiger partial charge is 0.279 e. The van der Waals surface area contributed by atoms with Crippen LogP contribution in [0.3, 0.4) is 0 Å². The van der Waals surface area contributed by atoms with E-state index in [4.69, 9.17) is 10.5 Å². The van der Waals surface area contributed by atoms with Gasteiger partial charge in [-0.15, -0.1) is 0 Å². The molecule has 1 aliphatic rings. The van der Waals surface area contributed by atoms with Crippen molar-refractivity contribution < 1.29 is 24.2 Å². The van der Waals surface area contributed by atoms with Crippen LogP contribution >= 0.6 is 0 Å². The van der Waals surface area contributed by atoms with E-state index in [0.717, 1.165) is 6.26 Å². The fourth-order valence-corrected chi connectivity index (χ4v) is 4.34. The molecule has 0 bridgehead atoms. The molecule has 0 radical (unpaired) electrons. The van der Waals surface area contributed by atoms with Crippen LogP contribution in [0.25, 0.3) is 0 Å². The highest BCUT2D eigenvalue weighted by molar-refractivity contribution is 7.90. The largest absolute Gasteiger partial charge is 0.457 e. The first-order chi connectivity index (χ1) is 16.5. The van der Waals surface area contributed by atoms with Gasteiger partial charge in [-0.05, 0) is 61.0 Å². The molecule has 0 atom stereocenters. The average Bonchev–Trinajstić information content (AvgIpc) is 2.79. The lowest BCUT2D eigenvalue weighted by atomic mass is 9.94. The van der Waals surface area contributed by atoms with E-state index in [1.165, 1.54) is 42.5 Å². The molecule has 1 aliphatic heterocycles. The van der Waals surface area contributed by atoms with E-state index in [-0.39, 0.29) is 29.5 Å². The predicted octanol–water partition coefficient (Wildman–Crippen LogP) is 3.01. The number of ether oxygens (including phenoxy) is 1. The lowest BCUT2D eigenvalue weighted by molar-refractivity contribution is 0.0718. The molecule has 0 aromatic heterocycles. The molecule has 35 heavy (non-hydrogen) atoms. The predicted molar refractivity (Wildman–Crippen MR) is 137 cm³/mol. The number of hydrogen-bond donors (Lipinski definition) is 2. The third kappa shape index (κ3) is 6.48. The van der Waals surface area contributed by atoms with E-state index in [0.29, 0.717) is 42.1 Å². The number of carbonyl (C=O) groups excluding carboxylic acids is 2. The van der Waals surface area contributed by atoms with Crippen molar-refractivity contribution in [3.8, 4) is 11.5 Å². The lowest BCUT2D eigenvalue weighted by Gasteiger charge is -2.31. The van der Waals surface area contributed by atoms with Gasteiger partial charge >= 0.3 is 0 Å². The van der Waals surface area contributed by atoms with E-state index in [1.54, 1.807) is 18.1 Å². The van der Waals surface area contributed by atoms with Crippen LogP contribution in [0.15, 0.2) is 58.6 Å². The van der Waals surface area contributed by atoms with Gasteiger partial charge < -0.3 is 20.7 Å². The van der Waals surface area contributed by atoms with Crippen molar-refractivity contribution in [1.82, 2.24) is 10.2 Å². The third-order valence-corrected chi connectivity index (χ3v) is 6.45. The second-order valence-corrected chi connectivity index (χ2v) is 10.7. The molecule has 0 saturated heterocycles. The normalized spacial score (nSPS) is 14.4. The second kappa shape index (κ2) is 10.7. The number of fused-ring (bicyclic) bond motifs is 1. The molecule has 0 unspecified atom stereocenters. The number of benzene rings is 2. The Balaban J connectivity index is 0.00000456.